The minimum atomic E-state index is -0.445. The first-order chi connectivity index (χ1) is 10.1. The molecule has 0 aliphatic rings. The van der Waals surface area contributed by atoms with E-state index in [-0.39, 0.29) is 22.9 Å². The molecule has 3 aromatic rings. The molecular formula is C13H9ClN4O3. The highest BCUT2D eigenvalue weighted by Gasteiger charge is 2.15. The van der Waals surface area contributed by atoms with Gasteiger partial charge in [-0.3, -0.25) is 14.9 Å². The van der Waals surface area contributed by atoms with Crippen molar-refractivity contribution in [2.45, 2.75) is 6.54 Å². The highest BCUT2D eigenvalue weighted by atomic mass is 35.5. The van der Waals surface area contributed by atoms with E-state index < -0.39 is 4.92 Å². The number of hydrogen-bond donors (Lipinski definition) is 0. The second kappa shape index (κ2) is 5.02. The Labute approximate surface area is 123 Å². The fourth-order valence-electron chi connectivity index (χ4n) is 2.17. The maximum Gasteiger partial charge on any atom is 0.275 e. The summed E-state index contributed by atoms with van der Waals surface area (Å²) in [4.78, 5) is 22.4. The van der Waals surface area contributed by atoms with Crippen molar-refractivity contribution in [1.82, 2.24) is 14.2 Å². The van der Waals surface area contributed by atoms with Gasteiger partial charge in [0.1, 0.15) is 10.8 Å². The molecule has 0 saturated heterocycles. The number of fused-ring (bicyclic) bond motifs is 1. The molecule has 0 amide bonds. The van der Waals surface area contributed by atoms with Crippen LogP contribution in [0.1, 0.15) is 5.56 Å². The van der Waals surface area contributed by atoms with Crippen molar-refractivity contribution >= 4 is 22.9 Å². The fraction of sp³-hybridized carbons (Fsp3) is 0.0769. The maximum absolute atomic E-state index is 11.7. The number of nitro groups is 1. The molecule has 0 saturated carbocycles. The van der Waals surface area contributed by atoms with E-state index in [1.165, 1.54) is 22.8 Å². The van der Waals surface area contributed by atoms with E-state index >= 15 is 0 Å². The summed E-state index contributed by atoms with van der Waals surface area (Å²) in [6, 6.07) is 9.26. The number of benzene rings is 1. The summed E-state index contributed by atoms with van der Waals surface area (Å²) in [6.07, 6.45) is 1.48. The number of para-hydroxylation sites is 1. The van der Waals surface area contributed by atoms with Crippen LogP contribution in [0.25, 0.3) is 5.65 Å². The molecule has 21 heavy (non-hydrogen) atoms. The minimum Gasteiger partial charge on any atom is -0.312 e. The molecule has 0 aliphatic heterocycles. The van der Waals surface area contributed by atoms with Crippen LogP contribution in [0.3, 0.4) is 0 Å². The second-order valence-corrected chi connectivity index (χ2v) is 4.77. The van der Waals surface area contributed by atoms with Gasteiger partial charge in [-0.05, 0) is 0 Å². The Morgan fingerprint density at radius 2 is 2.05 bits per heavy atom. The van der Waals surface area contributed by atoms with Crippen molar-refractivity contribution in [1.29, 1.82) is 0 Å². The van der Waals surface area contributed by atoms with Gasteiger partial charge in [-0.15, -0.1) is 0 Å². The molecule has 0 atom stereocenters. The molecule has 0 N–H and O–H groups in total. The molecule has 2 heterocycles. The number of halogens is 1. The van der Waals surface area contributed by atoms with Crippen LogP contribution < -0.4 is 5.56 Å². The lowest BCUT2D eigenvalue weighted by Gasteiger charge is -2.11. The summed E-state index contributed by atoms with van der Waals surface area (Å²) in [5, 5.41) is 15.2. The van der Waals surface area contributed by atoms with Gasteiger partial charge in [-0.1, -0.05) is 29.8 Å². The molecule has 2 aromatic heterocycles. The first kappa shape index (κ1) is 13.3. The molecule has 3 rings (SSSR count). The van der Waals surface area contributed by atoms with Crippen LogP contribution in [0.4, 0.5) is 5.69 Å². The fourth-order valence-corrected chi connectivity index (χ4v) is 2.41. The monoisotopic (exact) mass is 304 g/mol. The second-order valence-electron chi connectivity index (χ2n) is 4.38. The van der Waals surface area contributed by atoms with Crippen molar-refractivity contribution in [3.63, 3.8) is 0 Å². The number of aromatic nitrogens is 3. The summed E-state index contributed by atoms with van der Waals surface area (Å²) in [6.45, 7) is 0.172. The quantitative estimate of drug-likeness (QED) is 0.421. The van der Waals surface area contributed by atoms with Crippen LogP contribution in [-0.2, 0) is 6.54 Å². The molecular weight excluding hydrogens is 296 g/mol. The maximum atomic E-state index is 11.7. The van der Waals surface area contributed by atoms with Gasteiger partial charge in [0.15, 0.2) is 0 Å². The summed E-state index contributed by atoms with van der Waals surface area (Å²) < 4.78 is 2.79. The van der Waals surface area contributed by atoms with Gasteiger partial charge in [0.2, 0.25) is 0 Å². The number of nitrogens with zero attached hydrogens (tertiary/aromatic N) is 4. The Morgan fingerprint density at radius 1 is 1.29 bits per heavy atom. The van der Waals surface area contributed by atoms with Gasteiger partial charge in [0.05, 0.1) is 17.7 Å². The summed E-state index contributed by atoms with van der Waals surface area (Å²) in [5.41, 5.74) is 0.630. The van der Waals surface area contributed by atoms with Gasteiger partial charge in [0, 0.05) is 23.8 Å². The molecule has 0 aliphatic carbocycles. The zero-order chi connectivity index (χ0) is 15.0. The van der Waals surface area contributed by atoms with Crippen LogP contribution in [0.15, 0.2) is 47.4 Å². The van der Waals surface area contributed by atoms with Gasteiger partial charge in [0.25, 0.3) is 11.2 Å². The standard InChI is InChI=1S/C13H9ClN4O3/c14-11-7-13(19)17-12(5-6-15-17)16(11)8-9-3-1-2-4-10(9)18(20)21/h1-7H,8H2. The van der Waals surface area contributed by atoms with Crippen molar-refractivity contribution in [2.24, 2.45) is 0 Å². The lowest BCUT2D eigenvalue weighted by molar-refractivity contribution is -0.385. The van der Waals surface area contributed by atoms with E-state index in [9.17, 15) is 14.9 Å². The average molecular weight is 305 g/mol. The predicted molar refractivity (Wildman–Crippen MR) is 76.7 cm³/mol. The molecule has 7 nitrogen and oxygen atoms in total. The van der Waals surface area contributed by atoms with E-state index in [0.29, 0.717) is 11.2 Å². The first-order valence-corrected chi connectivity index (χ1v) is 6.41. The molecule has 0 spiro atoms. The third-order valence-corrected chi connectivity index (χ3v) is 3.44. The van der Waals surface area contributed by atoms with Crippen LogP contribution in [-0.4, -0.2) is 19.1 Å². The summed E-state index contributed by atoms with van der Waals surface area (Å²) in [5.74, 6) is 0. The summed E-state index contributed by atoms with van der Waals surface area (Å²) >= 11 is 6.10. The molecule has 0 bridgehead atoms. The summed E-state index contributed by atoms with van der Waals surface area (Å²) in [7, 11) is 0. The van der Waals surface area contributed by atoms with Crippen molar-refractivity contribution in [3.05, 3.63) is 73.8 Å². The van der Waals surface area contributed by atoms with Crippen LogP contribution in [0, 0.1) is 10.1 Å². The zero-order valence-corrected chi connectivity index (χ0v) is 11.4. The molecule has 0 radical (unpaired) electrons. The SMILES string of the molecule is O=c1cc(Cl)n(Cc2ccccc2[N+](=O)[O-])c2ccnn12. The molecule has 8 heteroatoms. The number of hydrogen-bond acceptors (Lipinski definition) is 4. The Hall–Kier alpha value is -2.67. The number of rotatable bonds is 3. The molecule has 106 valence electrons. The molecule has 0 unspecified atom stereocenters. The average Bonchev–Trinajstić information content (AvgIpc) is 2.93. The van der Waals surface area contributed by atoms with E-state index in [1.807, 2.05) is 0 Å². The molecule has 1 aromatic carbocycles. The van der Waals surface area contributed by atoms with Gasteiger partial charge in [-0.2, -0.15) is 9.61 Å². The number of nitro benzene ring substituents is 1. The van der Waals surface area contributed by atoms with Crippen LogP contribution in [0.5, 0.6) is 0 Å². The van der Waals surface area contributed by atoms with E-state index in [2.05, 4.69) is 5.10 Å². The van der Waals surface area contributed by atoms with Gasteiger partial charge >= 0.3 is 0 Å². The predicted octanol–water partition coefficient (Wildman–Crippen LogP) is 2.11. The molecule has 0 fully saturated rings. The third-order valence-electron chi connectivity index (χ3n) is 3.13. The van der Waals surface area contributed by atoms with Crippen LogP contribution in [0.2, 0.25) is 5.15 Å². The van der Waals surface area contributed by atoms with Crippen molar-refractivity contribution < 1.29 is 4.92 Å². The Bertz CT molecular complexity index is 900. The highest BCUT2D eigenvalue weighted by molar-refractivity contribution is 6.29. The smallest absolute Gasteiger partial charge is 0.275 e. The van der Waals surface area contributed by atoms with E-state index in [0.717, 1.165) is 0 Å². The highest BCUT2D eigenvalue weighted by Crippen LogP contribution is 2.21. The van der Waals surface area contributed by atoms with E-state index in [4.69, 9.17) is 11.6 Å². The van der Waals surface area contributed by atoms with E-state index in [1.54, 1.807) is 28.8 Å². The topological polar surface area (TPSA) is 82.4 Å². The largest absolute Gasteiger partial charge is 0.312 e. The minimum absolute atomic E-state index is 0.00457. The Balaban J connectivity index is 2.17. The third kappa shape index (κ3) is 2.27. The van der Waals surface area contributed by atoms with Crippen molar-refractivity contribution in [2.75, 3.05) is 0 Å². The zero-order valence-electron chi connectivity index (χ0n) is 10.6. The Kier molecular flexibility index (Phi) is 3.19. The van der Waals surface area contributed by atoms with Crippen molar-refractivity contribution in [3.8, 4) is 0 Å². The lowest BCUT2D eigenvalue weighted by atomic mass is 10.2. The van der Waals surface area contributed by atoms with Crippen LogP contribution >= 0.6 is 11.6 Å². The Morgan fingerprint density at radius 3 is 2.81 bits per heavy atom. The van der Waals surface area contributed by atoms with Gasteiger partial charge in [-0.25, -0.2) is 0 Å². The first-order valence-electron chi connectivity index (χ1n) is 6.03. The lowest BCUT2D eigenvalue weighted by Crippen LogP contribution is -2.18. The normalized spacial score (nSPS) is 10.9. The van der Waals surface area contributed by atoms with Gasteiger partial charge < -0.3 is 4.57 Å².